The lowest BCUT2D eigenvalue weighted by Crippen LogP contribution is -2.44. The highest BCUT2D eigenvalue weighted by Gasteiger charge is 2.30. The van der Waals surface area contributed by atoms with Gasteiger partial charge in [-0.25, -0.2) is 0 Å². The van der Waals surface area contributed by atoms with Gasteiger partial charge in [-0.2, -0.15) is 0 Å². The van der Waals surface area contributed by atoms with Crippen molar-refractivity contribution in [3.05, 3.63) is 54.1 Å². The predicted octanol–water partition coefficient (Wildman–Crippen LogP) is 23.3. The van der Waals surface area contributed by atoms with Crippen LogP contribution >= 0.6 is 15.2 Å². The van der Waals surface area contributed by atoms with Crippen molar-refractivity contribution in [2.45, 2.75) is 419 Å². The van der Waals surface area contributed by atoms with Crippen molar-refractivity contribution in [3.63, 3.8) is 0 Å². The second kappa shape index (κ2) is 81.5. The fraction of sp³-hybridized carbons (Fsp3) is 0.833. The average molecular weight is 1740 g/mol. The third-order valence-corrected chi connectivity index (χ3v) is 24.1. The van der Waals surface area contributed by atoms with Crippen molar-refractivity contribution in [2.75, 3.05) is 92.4 Å². The molecule has 4 amide bonds. The molecule has 6 atom stereocenters. The minimum Gasteiger partial charge on any atom is -0.492 e. The Balaban J connectivity index is 3.20. The summed E-state index contributed by atoms with van der Waals surface area (Å²) < 4.78 is 81.7. The first-order valence-electron chi connectivity index (χ1n) is 48.5. The van der Waals surface area contributed by atoms with Gasteiger partial charge in [0.2, 0.25) is 23.6 Å². The Morgan fingerprint density at radius 2 is 0.692 bits per heavy atom. The number of hydrogen-bond donors (Lipinski definition) is 5. The molecule has 698 valence electrons. The molecule has 6 unspecified atom stereocenters. The summed E-state index contributed by atoms with van der Waals surface area (Å²) in [6.45, 7) is 16.0. The van der Waals surface area contributed by atoms with Crippen LogP contribution < -0.4 is 31.7 Å². The van der Waals surface area contributed by atoms with Crippen molar-refractivity contribution in [1.82, 2.24) is 21.3 Å². The lowest BCUT2D eigenvalue weighted by molar-refractivity contribution is -0.151. The fourth-order valence-corrected chi connectivity index (χ4v) is 16.1. The Morgan fingerprint density at radius 1 is 0.367 bits per heavy atom. The van der Waals surface area contributed by atoms with Gasteiger partial charge in [0.05, 0.1) is 64.9 Å². The van der Waals surface area contributed by atoms with Gasteiger partial charge in [-0.1, -0.05) is 296 Å². The summed E-state index contributed by atoms with van der Waals surface area (Å²) in [7, 11) is -7.64. The minimum atomic E-state index is -3.82. The number of hydrogen-bond acceptors (Lipinski definition) is 18. The monoisotopic (exact) mass is 1730 g/mol. The number of unbranched alkanes of at least 4 members (excludes halogenated alkanes) is 38. The Hall–Kier alpha value is -4.50. The number of carbonyl (C=O) groups excluding carboxylic acids is 6. The Kier molecular flexibility index (Phi) is 77.1. The molecule has 6 N–H and O–H groups in total. The van der Waals surface area contributed by atoms with Crippen LogP contribution in [0.25, 0.3) is 0 Å². The van der Waals surface area contributed by atoms with E-state index in [9.17, 15) is 37.9 Å². The SMILES string of the molecule is CCCCCC/C=C\CCCC(=O)OC(CCCCCCC)CCOCC(COP(C)(=O)OCCNC(=O)C(Cc1ccc(OCCN)cc1)C(=O)NCCOP(C)(=O)OCC(COCCC(CCCCCCC)OC(=O)CCC/C=C\CCCCCC)NC(=O)CCCCCCCCCCCCC)NC(=O)CCCCCCCCCCCCC. The van der Waals surface area contributed by atoms with Crippen molar-refractivity contribution < 1.29 is 79.7 Å². The van der Waals surface area contributed by atoms with Gasteiger partial charge < -0.3 is 68.8 Å². The number of nitrogens with one attached hydrogen (secondary N) is 4. The number of rotatable bonds is 89. The molecule has 0 spiro atoms. The highest BCUT2D eigenvalue weighted by Crippen LogP contribution is 2.44. The highest BCUT2D eigenvalue weighted by atomic mass is 31.2. The zero-order valence-corrected chi connectivity index (χ0v) is 79.1. The van der Waals surface area contributed by atoms with Crippen LogP contribution in [0.2, 0.25) is 0 Å². The van der Waals surface area contributed by atoms with E-state index in [0.717, 1.165) is 167 Å². The molecule has 0 heterocycles. The molecule has 0 aromatic heterocycles. The third kappa shape index (κ3) is 71.7. The summed E-state index contributed by atoms with van der Waals surface area (Å²) in [6.07, 6.45) is 63.1. The predicted molar refractivity (Wildman–Crippen MR) is 492 cm³/mol. The number of ether oxygens (including phenoxy) is 5. The second-order valence-electron chi connectivity index (χ2n) is 33.3. The highest BCUT2D eigenvalue weighted by molar-refractivity contribution is 7.53. The Labute approximate surface area is 730 Å². The molecule has 0 saturated carbocycles. The van der Waals surface area contributed by atoms with Crippen LogP contribution in [0.4, 0.5) is 0 Å². The molecule has 0 saturated heterocycles. The second-order valence-corrected chi connectivity index (χ2v) is 37.4. The number of esters is 2. The number of allylic oxidation sites excluding steroid dienone is 4. The summed E-state index contributed by atoms with van der Waals surface area (Å²) in [6, 6.07) is 5.60. The van der Waals surface area contributed by atoms with Crippen molar-refractivity contribution in [2.24, 2.45) is 11.7 Å². The fourth-order valence-electron chi connectivity index (χ4n) is 14.2. The van der Waals surface area contributed by atoms with E-state index in [1.165, 1.54) is 155 Å². The smallest absolute Gasteiger partial charge is 0.327 e. The molecule has 0 aliphatic rings. The molecule has 0 aliphatic heterocycles. The quantitative estimate of drug-likeness (QED) is 0.0133. The summed E-state index contributed by atoms with van der Waals surface area (Å²) in [5, 5.41) is 11.7. The Morgan fingerprint density at radius 3 is 1.04 bits per heavy atom. The molecular weight excluding hydrogens is 1560 g/mol. The third-order valence-electron chi connectivity index (χ3n) is 21.5. The summed E-state index contributed by atoms with van der Waals surface area (Å²) >= 11 is 0. The molecule has 1 aromatic carbocycles. The van der Waals surface area contributed by atoms with Crippen LogP contribution in [0.15, 0.2) is 48.6 Å². The van der Waals surface area contributed by atoms with E-state index in [1.54, 1.807) is 24.3 Å². The van der Waals surface area contributed by atoms with E-state index in [1.807, 2.05) is 0 Å². The average Bonchev–Trinajstić information content (AvgIpc) is 0.873. The number of amides is 4. The number of nitrogens with two attached hydrogens (primary N) is 1. The first-order valence-corrected chi connectivity index (χ1v) is 52.5. The summed E-state index contributed by atoms with van der Waals surface area (Å²) in [5.74, 6) is -2.74. The molecule has 120 heavy (non-hydrogen) atoms. The van der Waals surface area contributed by atoms with Crippen molar-refractivity contribution in [3.8, 4) is 5.75 Å². The number of carbonyl (C=O) groups is 6. The van der Waals surface area contributed by atoms with Gasteiger partial charge in [0.15, 0.2) is 0 Å². The van der Waals surface area contributed by atoms with Gasteiger partial charge >= 0.3 is 27.1 Å². The van der Waals surface area contributed by atoms with Gasteiger partial charge in [-0.15, -0.1) is 0 Å². The van der Waals surface area contributed by atoms with Crippen LogP contribution in [-0.2, 0) is 81.4 Å². The van der Waals surface area contributed by atoms with Crippen LogP contribution in [0.1, 0.15) is 394 Å². The maximum atomic E-state index is 14.1. The van der Waals surface area contributed by atoms with Crippen LogP contribution in [-0.4, -0.2) is 152 Å². The molecule has 1 aromatic rings. The summed E-state index contributed by atoms with van der Waals surface area (Å²) in [4.78, 5) is 81.7. The molecule has 0 fully saturated rings. The minimum absolute atomic E-state index is 0.0191. The van der Waals surface area contributed by atoms with Gasteiger partial charge in [0.25, 0.3) is 0 Å². The first-order chi connectivity index (χ1) is 58.3. The van der Waals surface area contributed by atoms with Crippen LogP contribution in [0.3, 0.4) is 0 Å². The maximum Gasteiger partial charge on any atom is 0.327 e. The van der Waals surface area contributed by atoms with E-state index >= 15 is 0 Å². The zero-order chi connectivity index (χ0) is 87.7. The van der Waals surface area contributed by atoms with Crippen molar-refractivity contribution in [1.29, 1.82) is 0 Å². The van der Waals surface area contributed by atoms with Crippen molar-refractivity contribution >= 4 is 50.8 Å². The normalized spacial score (nSPS) is 14.0. The topological polar surface area (TPSA) is 294 Å². The first kappa shape index (κ1) is 114. The molecule has 24 heteroatoms. The van der Waals surface area contributed by atoms with Gasteiger partial charge in [0.1, 0.15) is 30.5 Å². The zero-order valence-electron chi connectivity index (χ0n) is 77.3. The van der Waals surface area contributed by atoms with E-state index in [2.05, 4.69) is 87.1 Å². The molecular formula is C96H177N5O17P2. The lowest BCUT2D eigenvalue weighted by atomic mass is 9.97. The molecule has 0 radical (unpaired) electrons. The van der Waals surface area contributed by atoms with Crippen LogP contribution in [0.5, 0.6) is 5.75 Å². The van der Waals surface area contributed by atoms with E-state index in [4.69, 9.17) is 47.5 Å². The van der Waals surface area contributed by atoms with Crippen LogP contribution in [0, 0.1) is 5.92 Å². The largest absolute Gasteiger partial charge is 0.492 e. The molecule has 0 bridgehead atoms. The molecule has 1 rings (SSSR count). The van der Waals surface area contributed by atoms with E-state index in [0.29, 0.717) is 63.0 Å². The molecule has 0 aliphatic carbocycles. The van der Waals surface area contributed by atoms with E-state index < -0.39 is 45.0 Å². The lowest BCUT2D eigenvalue weighted by Gasteiger charge is -2.23. The maximum absolute atomic E-state index is 14.1. The summed E-state index contributed by atoms with van der Waals surface area (Å²) in [5.41, 5.74) is 6.33. The van der Waals surface area contributed by atoms with Gasteiger partial charge in [0, 0.05) is 71.5 Å². The van der Waals surface area contributed by atoms with E-state index in [-0.39, 0.29) is 108 Å². The number of benzene rings is 1. The Bertz CT molecular complexity index is 2630. The van der Waals surface area contributed by atoms with Gasteiger partial charge in [-0.3, -0.25) is 37.9 Å². The molecule has 22 nitrogen and oxygen atoms in total. The van der Waals surface area contributed by atoms with Gasteiger partial charge in [-0.05, 0) is 114 Å². The standard InChI is InChI=1S/C96H177N5O17P2/c1-9-15-21-27-31-35-37-41-43-49-55-61-91(102)100-85(80-110-74-69-88(59-53-47-25-19-13-5)117-93(104)63-57-51-45-39-33-29-23-17-11-3)82-115-119(7,108)113-77-72-98-95(106)90(79-84-65-67-87(68-66-84)112-76-71-97)96(107)99-73-78-114-120(8,109)116-83-86(101-92(103)62-56-50-44-42-38-36-32-28-22-16-10-2)81-111-75-70-89(60-54-48-26-20-14-6)118-94(105)64-58-52-46-40-34-30-24-18-12-4/h39-40,45-46,65-68,85-86,88-90H,9-38,41-44,47-64,69-83,97H2,1-8H3,(H,98,106)(H,99,107)(H,100,102)(H,101,103)/b45-39-,46-40-.